The molecule has 0 radical (unpaired) electrons. The molecule has 3 amide bonds. The Kier molecular flexibility index (Phi) is 11.4. The van der Waals surface area contributed by atoms with Crippen molar-refractivity contribution in [3.8, 4) is 0 Å². The van der Waals surface area contributed by atoms with Crippen LogP contribution in [0.2, 0.25) is 0 Å². The number of rotatable bonds is 10. The summed E-state index contributed by atoms with van der Waals surface area (Å²) in [6.07, 6.45) is 6.49. The molecule has 2 saturated heterocycles. The maximum Gasteiger partial charge on any atom is 0.249 e. The van der Waals surface area contributed by atoms with Crippen molar-refractivity contribution in [2.24, 2.45) is 11.8 Å². The highest BCUT2D eigenvalue weighted by atomic mass is 16.3. The van der Waals surface area contributed by atoms with E-state index in [1.54, 1.807) is 23.8 Å². The van der Waals surface area contributed by atoms with Gasteiger partial charge in [-0.15, -0.1) is 0 Å². The third-order valence-electron chi connectivity index (χ3n) is 7.83. The normalized spacial score (nSPS) is 23.3. The summed E-state index contributed by atoms with van der Waals surface area (Å²) in [6.45, 7) is 15.5. The number of hydrogen-bond acceptors (Lipinski definition) is 5. The van der Waals surface area contributed by atoms with Crippen LogP contribution in [-0.4, -0.2) is 94.5 Å². The lowest BCUT2D eigenvalue weighted by atomic mass is 9.95. The zero-order valence-corrected chi connectivity index (χ0v) is 23.8. The van der Waals surface area contributed by atoms with Gasteiger partial charge in [0.1, 0.15) is 6.04 Å². The van der Waals surface area contributed by atoms with E-state index in [2.05, 4.69) is 24.1 Å². The first kappa shape index (κ1) is 30.3. The fourth-order valence-corrected chi connectivity index (χ4v) is 5.58. The fourth-order valence-electron chi connectivity index (χ4n) is 5.58. The van der Waals surface area contributed by atoms with E-state index in [9.17, 15) is 19.5 Å². The summed E-state index contributed by atoms with van der Waals surface area (Å²) in [7, 11) is 1.76. The van der Waals surface area contributed by atoms with E-state index in [4.69, 9.17) is 0 Å². The minimum atomic E-state index is -0.638. The molecule has 8 heteroatoms. The number of nitrogens with one attached hydrogen (secondary N) is 1. The molecule has 2 aliphatic heterocycles. The van der Waals surface area contributed by atoms with Crippen LogP contribution in [0.15, 0.2) is 11.6 Å². The van der Waals surface area contributed by atoms with Crippen LogP contribution in [0.4, 0.5) is 0 Å². The van der Waals surface area contributed by atoms with E-state index < -0.39 is 6.04 Å². The highest BCUT2D eigenvalue weighted by Crippen LogP contribution is 2.23. The molecule has 1 unspecified atom stereocenters. The van der Waals surface area contributed by atoms with Crippen LogP contribution in [0.1, 0.15) is 80.6 Å². The summed E-state index contributed by atoms with van der Waals surface area (Å²) in [6, 6.07) is -1.01. The summed E-state index contributed by atoms with van der Waals surface area (Å²) in [5, 5.41) is 12.7. The van der Waals surface area contributed by atoms with Gasteiger partial charge in [-0.2, -0.15) is 0 Å². The quantitative estimate of drug-likeness (QED) is 0.445. The second-order valence-corrected chi connectivity index (χ2v) is 11.6. The lowest BCUT2D eigenvalue weighted by Crippen LogP contribution is -2.58. The lowest BCUT2D eigenvalue weighted by molar-refractivity contribution is -0.140. The Morgan fingerprint density at radius 2 is 1.67 bits per heavy atom. The van der Waals surface area contributed by atoms with Gasteiger partial charge < -0.3 is 20.2 Å². The Labute approximate surface area is 218 Å². The predicted molar refractivity (Wildman–Crippen MR) is 143 cm³/mol. The fraction of sp³-hybridized carbons (Fsp3) is 0.821. The number of carbonyl (C=O) groups excluding carboxylic acids is 3. The van der Waals surface area contributed by atoms with Gasteiger partial charge in [-0.25, -0.2) is 0 Å². The van der Waals surface area contributed by atoms with Crippen molar-refractivity contribution in [1.82, 2.24) is 20.0 Å². The monoisotopic (exact) mass is 506 g/mol. The van der Waals surface area contributed by atoms with Crippen LogP contribution < -0.4 is 5.32 Å². The first-order valence-electron chi connectivity index (χ1n) is 13.8. The van der Waals surface area contributed by atoms with Crippen molar-refractivity contribution >= 4 is 17.7 Å². The van der Waals surface area contributed by atoms with Gasteiger partial charge in [0.05, 0.1) is 24.7 Å². The maximum absolute atomic E-state index is 13.7. The molecule has 2 N–H and O–H groups in total. The molecule has 0 aromatic heterocycles. The number of hydrogen-bond donors (Lipinski definition) is 2. The van der Waals surface area contributed by atoms with Gasteiger partial charge in [0, 0.05) is 25.2 Å². The zero-order valence-electron chi connectivity index (χ0n) is 23.8. The summed E-state index contributed by atoms with van der Waals surface area (Å²) in [5.41, 5.74) is 0.577. The molecule has 0 saturated carbocycles. The average Bonchev–Trinajstić information content (AvgIpc) is 3.32. The van der Waals surface area contributed by atoms with Gasteiger partial charge >= 0.3 is 0 Å². The standard InChI is InChI=1S/C28H50N4O4/c1-18(2)24(16-21(7)27(35)32-15-11-12-22(32)17-33)30(8)28(36)25(19(3)4)29-26(34)23-13-9-10-14-31(23)20(5)6/h16,18-20,22-25,33H,9-15,17H2,1-8H3,(H,29,34)/b21-16+/t22-,23?,24+,25-/m0/s1. The molecule has 0 bridgehead atoms. The van der Waals surface area contributed by atoms with E-state index >= 15 is 0 Å². The van der Waals surface area contributed by atoms with E-state index in [0.29, 0.717) is 12.1 Å². The summed E-state index contributed by atoms with van der Waals surface area (Å²) < 4.78 is 0. The summed E-state index contributed by atoms with van der Waals surface area (Å²) in [4.78, 5) is 45.8. The van der Waals surface area contributed by atoms with Crippen LogP contribution in [0, 0.1) is 11.8 Å². The number of likely N-dealkylation sites (tertiary alicyclic amines) is 2. The van der Waals surface area contributed by atoms with Crippen molar-refractivity contribution in [2.45, 2.75) is 111 Å². The SMILES string of the molecule is C/C(=C\[C@H](C(C)C)N(C)C(=O)[C@@H](NC(=O)C1CCCCN1C(C)C)C(C)C)C(=O)N1CCC[C@H]1CO. The molecule has 2 aliphatic rings. The second kappa shape index (κ2) is 13.6. The Morgan fingerprint density at radius 1 is 1.00 bits per heavy atom. The van der Waals surface area contributed by atoms with Crippen LogP contribution in [0.3, 0.4) is 0 Å². The topological polar surface area (TPSA) is 93.2 Å². The molecule has 0 aliphatic carbocycles. The number of aliphatic hydroxyl groups is 1. The van der Waals surface area contributed by atoms with Crippen LogP contribution in [0.25, 0.3) is 0 Å². The van der Waals surface area contributed by atoms with E-state index in [-0.39, 0.29) is 60.3 Å². The molecular formula is C28H50N4O4. The van der Waals surface area contributed by atoms with Crippen LogP contribution in [-0.2, 0) is 14.4 Å². The first-order valence-corrected chi connectivity index (χ1v) is 13.8. The molecule has 2 fully saturated rings. The first-order chi connectivity index (χ1) is 16.9. The number of carbonyl (C=O) groups is 3. The van der Waals surface area contributed by atoms with Gasteiger partial charge in [-0.1, -0.05) is 40.2 Å². The minimum absolute atomic E-state index is 0.0317. The number of likely N-dealkylation sites (N-methyl/N-ethyl adjacent to an activating group) is 1. The van der Waals surface area contributed by atoms with Crippen molar-refractivity contribution in [1.29, 1.82) is 0 Å². The molecule has 36 heavy (non-hydrogen) atoms. The summed E-state index contributed by atoms with van der Waals surface area (Å²) >= 11 is 0. The highest BCUT2D eigenvalue weighted by Gasteiger charge is 2.36. The van der Waals surface area contributed by atoms with Crippen molar-refractivity contribution in [3.63, 3.8) is 0 Å². The Morgan fingerprint density at radius 3 is 2.22 bits per heavy atom. The minimum Gasteiger partial charge on any atom is -0.394 e. The van der Waals surface area contributed by atoms with Crippen LogP contribution >= 0.6 is 0 Å². The van der Waals surface area contributed by atoms with Gasteiger partial charge in [-0.3, -0.25) is 19.3 Å². The smallest absolute Gasteiger partial charge is 0.249 e. The molecule has 8 nitrogen and oxygen atoms in total. The maximum atomic E-state index is 13.7. The van der Waals surface area contributed by atoms with Crippen molar-refractivity contribution < 1.29 is 19.5 Å². The van der Waals surface area contributed by atoms with Gasteiger partial charge in [0.2, 0.25) is 17.7 Å². The Bertz CT molecular complexity index is 794. The molecule has 206 valence electrons. The third-order valence-corrected chi connectivity index (χ3v) is 7.83. The van der Waals surface area contributed by atoms with Crippen molar-refractivity contribution in [3.05, 3.63) is 11.6 Å². The molecule has 4 atom stereocenters. The number of aliphatic hydroxyl groups excluding tert-OH is 1. The molecule has 0 aromatic carbocycles. The second-order valence-electron chi connectivity index (χ2n) is 11.6. The number of piperidine rings is 1. The van der Waals surface area contributed by atoms with E-state index in [1.165, 1.54) is 0 Å². The number of nitrogens with zero attached hydrogens (tertiary/aromatic N) is 3. The van der Waals surface area contributed by atoms with Gasteiger partial charge in [-0.05, 0) is 64.8 Å². The van der Waals surface area contributed by atoms with Crippen LogP contribution in [0.5, 0.6) is 0 Å². The molecule has 2 rings (SSSR count). The van der Waals surface area contributed by atoms with Crippen molar-refractivity contribution in [2.75, 3.05) is 26.7 Å². The Balaban J connectivity index is 2.19. The molecule has 2 heterocycles. The molecular weight excluding hydrogens is 456 g/mol. The Hall–Kier alpha value is -1.93. The predicted octanol–water partition coefficient (Wildman–Crippen LogP) is 2.80. The number of amides is 3. The van der Waals surface area contributed by atoms with E-state index in [0.717, 1.165) is 38.6 Å². The van der Waals surface area contributed by atoms with E-state index in [1.807, 2.05) is 33.8 Å². The average molecular weight is 507 g/mol. The van der Waals surface area contributed by atoms with Gasteiger partial charge in [0.25, 0.3) is 0 Å². The molecule has 0 spiro atoms. The van der Waals surface area contributed by atoms with Gasteiger partial charge in [0.15, 0.2) is 0 Å². The summed E-state index contributed by atoms with van der Waals surface area (Å²) in [5.74, 6) is -0.301. The largest absolute Gasteiger partial charge is 0.394 e. The third kappa shape index (κ3) is 7.31. The lowest BCUT2D eigenvalue weighted by Gasteiger charge is -2.39. The zero-order chi connectivity index (χ0) is 27.2. The molecule has 0 aromatic rings. The highest BCUT2D eigenvalue weighted by molar-refractivity contribution is 5.94.